The number of rotatable bonds is 7. The van der Waals surface area contributed by atoms with Gasteiger partial charge in [0.1, 0.15) is 12.3 Å². The third-order valence-corrected chi connectivity index (χ3v) is 4.10. The summed E-state index contributed by atoms with van der Waals surface area (Å²) in [5.74, 6) is 0.737. The van der Waals surface area contributed by atoms with E-state index in [2.05, 4.69) is 4.98 Å². The zero-order valence-corrected chi connectivity index (χ0v) is 14.1. The molecule has 0 spiro atoms. The van der Waals surface area contributed by atoms with Gasteiger partial charge in [0.2, 0.25) is 5.91 Å². The third kappa shape index (κ3) is 3.97. The summed E-state index contributed by atoms with van der Waals surface area (Å²) in [6.45, 7) is 0.868. The normalized spacial score (nSPS) is 10.8. The average Bonchev–Trinajstić information content (AvgIpc) is 3.04. The Hall–Kier alpha value is -2.86. The Labute approximate surface area is 146 Å². The summed E-state index contributed by atoms with van der Waals surface area (Å²) in [4.78, 5) is 18.4. The highest BCUT2D eigenvalue weighted by atomic mass is 16.5. The minimum absolute atomic E-state index is 0.0498. The molecule has 0 unspecified atom stereocenters. The van der Waals surface area contributed by atoms with E-state index in [-0.39, 0.29) is 19.1 Å². The molecule has 0 saturated heterocycles. The van der Waals surface area contributed by atoms with E-state index >= 15 is 0 Å². The molecule has 2 heterocycles. The number of hydrogen-bond acceptors (Lipinski definition) is 4. The highest BCUT2D eigenvalue weighted by Gasteiger charge is 2.15. The van der Waals surface area contributed by atoms with E-state index in [0.717, 1.165) is 22.2 Å². The van der Waals surface area contributed by atoms with Crippen LogP contribution in [-0.2, 0) is 17.9 Å². The molecule has 0 aliphatic carbocycles. The minimum atomic E-state index is -0.0738. The van der Waals surface area contributed by atoms with Gasteiger partial charge in [0, 0.05) is 42.6 Å². The molecule has 25 heavy (non-hydrogen) atoms. The van der Waals surface area contributed by atoms with Gasteiger partial charge in [0.15, 0.2) is 0 Å². The van der Waals surface area contributed by atoms with Crippen molar-refractivity contribution in [2.45, 2.75) is 13.1 Å². The van der Waals surface area contributed by atoms with Crippen molar-refractivity contribution in [2.75, 3.05) is 20.3 Å². The topological polar surface area (TPSA) is 67.6 Å². The second-order valence-corrected chi connectivity index (χ2v) is 5.77. The first kappa shape index (κ1) is 17.0. The zero-order chi connectivity index (χ0) is 17.6. The Morgan fingerprint density at radius 1 is 1.32 bits per heavy atom. The quantitative estimate of drug-likeness (QED) is 0.715. The maximum absolute atomic E-state index is 12.7. The number of methoxy groups -OCH3 is 1. The van der Waals surface area contributed by atoms with Crippen LogP contribution in [0.3, 0.4) is 0 Å². The number of hydrogen-bond donors (Lipinski definition) is 1. The number of carbonyl (C=O) groups is 1. The summed E-state index contributed by atoms with van der Waals surface area (Å²) >= 11 is 0. The Bertz CT molecular complexity index is 846. The first-order valence-electron chi connectivity index (χ1n) is 8.11. The van der Waals surface area contributed by atoms with E-state index < -0.39 is 0 Å². The molecule has 3 rings (SSSR count). The molecule has 6 nitrogen and oxygen atoms in total. The molecule has 0 atom stereocenters. The number of ether oxygens (including phenoxy) is 1. The summed E-state index contributed by atoms with van der Waals surface area (Å²) in [6.07, 6.45) is 5.32. The smallest absolute Gasteiger partial charge is 0.242 e. The van der Waals surface area contributed by atoms with Crippen molar-refractivity contribution in [3.05, 3.63) is 60.6 Å². The van der Waals surface area contributed by atoms with E-state index in [0.29, 0.717) is 13.1 Å². The van der Waals surface area contributed by atoms with E-state index in [1.807, 2.05) is 47.2 Å². The van der Waals surface area contributed by atoms with Crippen LogP contribution in [0.1, 0.15) is 5.56 Å². The van der Waals surface area contributed by atoms with Crippen molar-refractivity contribution in [2.24, 2.45) is 0 Å². The fourth-order valence-corrected chi connectivity index (χ4v) is 2.81. The van der Waals surface area contributed by atoms with Gasteiger partial charge in [-0.1, -0.05) is 6.07 Å². The van der Waals surface area contributed by atoms with Crippen LogP contribution < -0.4 is 4.74 Å². The van der Waals surface area contributed by atoms with Gasteiger partial charge in [-0.3, -0.25) is 9.78 Å². The Morgan fingerprint density at radius 2 is 2.20 bits per heavy atom. The molecule has 0 fully saturated rings. The fraction of sp³-hybridized carbons (Fsp3) is 0.263. The van der Waals surface area contributed by atoms with E-state index in [9.17, 15) is 9.90 Å². The van der Waals surface area contributed by atoms with E-state index in [4.69, 9.17) is 4.74 Å². The van der Waals surface area contributed by atoms with Crippen molar-refractivity contribution in [3.63, 3.8) is 0 Å². The standard InChI is InChI=1S/C19H21N3O3/c1-25-17-4-5-18-16(11-17)6-8-21(18)14-19(24)22(9-10-23)13-15-3-2-7-20-12-15/h2-8,11-12,23H,9-10,13-14H2,1H3. The van der Waals surface area contributed by atoms with Crippen molar-refractivity contribution in [1.29, 1.82) is 0 Å². The fourth-order valence-electron chi connectivity index (χ4n) is 2.81. The van der Waals surface area contributed by atoms with Gasteiger partial charge in [0.05, 0.1) is 13.7 Å². The Morgan fingerprint density at radius 3 is 2.92 bits per heavy atom. The summed E-state index contributed by atoms with van der Waals surface area (Å²) < 4.78 is 7.14. The maximum atomic E-state index is 12.7. The lowest BCUT2D eigenvalue weighted by molar-refractivity contribution is -0.132. The van der Waals surface area contributed by atoms with Crippen LogP contribution in [-0.4, -0.2) is 45.7 Å². The number of aromatic nitrogens is 2. The minimum Gasteiger partial charge on any atom is -0.497 e. The largest absolute Gasteiger partial charge is 0.497 e. The van der Waals surface area contributed by atoms with Crippen LogP contribution in [0.15, 0.2) is 55.0 Å². The van der Waals surface area contributed by atoms with Gasteiger partial charge in [-0.2, -0.15) is 0 Å². The number of aliphatic hydroxyl groups excluding tert-OH is 1. The molecule has 1 aromatic carbocycles. The second kappa shape index (κ2) is 7.81. The zero-order valence-electron chi connectivity index (χ0n) is 14.1. The highest BCUT2D eigenvalue weighted by Crippen LogP contribution is 2.22. The summed E-state index contributed by atoms with van der Waals surface area (Å²) in [6, 6.07) is 11.5. The highest BCUT2D eigenvalue weighted by molar-refractivity contribution is 5.84. The first-order chi connectivity index (χ1) is 12.2. The molecule has 6 heteroatoms. The maximum Gasteiger partial charge on any atom is 0.242 e. The monoisotopic (exact) mass is 339 g/mol. The SMILES string of the molecule is COc1ccc2c(ccn2CC(=O)N(CCO)Cc2cccnc2)c1. The predicted octanol–water partition coefficient (Wildman–Crippen LogP) is 2.07. The third-order valence-electron chi connectivity index (χ3n) is 4.10. The molecule has 0 radical (unpaired) electrons. The van der Waals surface area contributed by atoms with Crippen molar-refractivity contribution < 1.29 is 14.6 Å². The van der Waals surface area contributed by atoms with Gasteiger partial charge in [-0.05, 0) is 35.9 Å². The molecule has 1 N–H and O–H groups in total. The lowest BCUT2D eigenvalue weighted by Gasteiger charge is -2.22. The number of amides is 1. The summed E-state index contributed by atoms with van der Waals surface area (Å²) in [5.41, 5.74) is 1.91. The van der Waals surface area contributed by atoms with Gasteiger partial charge < -0.3 is 19.3 Å². The number of aliphatic hydroxyl groups is 1. The molecular formula is C19H21N3O3. The molecule has 0 saturated carbocycles. The molecule has 130 valence electrons. The van der Waals surface area contributed by atoms with Crippen LogP contribution in [0.2, 0.25) is 0 Å². The molecule has 0 aliphatic rings. The van der Waals surface area contributed by atoms with Crippen molar-refractivity contribution >= 4 is 16.8 Å². The van der Waals surface area contributed by atoms with E-state index in [1.54, 1.807) is 24.4 Å². The molecule has 0 bridgehead atoms. The predicted molar refractivity (Wildman–Crippen MR) is 95.2 cm³/mol. The second-order valence-electron chi connectivity index (χ2n) is 5.77. The number of fused-ring (bicyclic) bond motifs is 1. The Kier molecular flexibility index (Phi) is 5.30. The number of benzene rings is 1. The van der Waals surface area contributed by atoms with Crippen molar-refractivity contribution in [3.8, 4) is 5.75 Å². The first-order valence-corrected chi connectivity index (χ1v) is 8.11. The molecule has 3 aromatic rings. The molecule has 2 aromatic heterocycles. The molecule has 0 aliphatic heterocycles. The van der Waals surface area contributed by atoms with Crippen LogP contribution >= 0.6 is 0 Å². The average molecular weight is 339 g/mol. The summed E-state index contributed by atoms with van der Waals surface area (Å²) in [7, 11) is 1.63. The van der Waals surface area contributed by atoms with Crippen LogP contribution in [0.5, 0.6) is 5.75 Å². The molecular weight excluding hydrogens is 318 g/mol. The Balaban J connectivity index is 1.77. The van der Waals surface area contributed by atoms with Crippen molar-refractivity contribution in [1.82, 2.24) is 14.5 Å². The van der Waals surface area contributed by atoms with Crippen LogP contribution in [0, 0.1) is 0 Å². The lowest BCUT2D eigenvalue weighted by atomic mass is 10.2. The van der Waals surface area contributed by atoms with Gasteiger partial charge >= 0.3 is 0 Å². The van der Waals surface area contributed by atoms with Gasteiger partial charge in [0.25, 0.3) is 0 Å². The van der Waals surface area contributed by atoms with E-state index in [1.165, 1.54) is 0 Å². The van der Waals surface area contributed by atoms with Crippen LogP contribution in [0.4, 0.5) is 0 Å². The lowest BCUT2D eigenvalue weighted by Crippen LogP contribution is -2.35. The number of carbonyl (C=O) groups excluding carboxylic acids is 1. The van der Waals surface area contributed by atoms with Gasteiger partial charge in [-0.15, -0.1) is 0 Å². The molecule has 1 amide bonds. The number of nitrogens with zero attached hydrogens (tertiary/aromatic N) is 3. The van der Waals surface area contributed by atoms with Crippen LogP contribution in [0.25, 0.3) is 10.9 Å². The number of pyridine rings is 1. The van der Waals surface area contributed by atoms with Gasteiger partial charge in [-0.25, -0.2) is 0 Å². The summed E-state index contributed by atoms with van der Waals surface area (Å²) in [5, 5.41) is 10.3.